The molecule has 3 aromatic carbocycles. The van der Waals surface area contributed by atoms with Crippen LogP contribution in [0, 0.1) is 6.92 Å². The standard InChI is InChI=1S/C32H29NO3/c1-3-4-6-13-26-21-33(32(35)25-11-7-5-8-12-25)31(22(26)2)24-18-16-23(17-19-24)28-20-30(34)36-29-15-10-9-14-27(28)29/h5,7-12,14-21H,3-4,6,13H2,1-2H3. The highest BCUT2D eigenvalue weighted by Gasteiger charge is 2.20. The molecule has 0 spiro atoms. The van der Waals surface area contributed by atoms with Crippen LogP contribution >= 0.6 is 0 Å². The fourth-order valence-electron chi connectivity index (χ4n) is 4.86. The summed E-state index contributed by atoms with van der Waals surface area (Å²) >= 11 is 0. The largest absolute Gasteiger partial charge is 0.423 e. The highest BCUT2D eigenvalue weighted by molar-refractivity contribution is 5.99. The van der Waals surface area contributed by atoms with Crippen molar-refractivity contribution in [3.05, 3.63) is 118 Å². The minimum atomic E-state index is -0.373. The number of rotatable bonds is 7. The normalized spacial score (nSPS) is 11.2. The first-order valence-electron chi connectivity index (χ1n) is 12.5. The molecule has 0 fully saturated rings. The highest BCUT2D eigenvalue weighted by atomic mass is 16.4. The van der Waals surface area contributed by atoms with Gasteiger partial charge in [-0.15, -0.1) is 0 Å². The van der Waals surface area contributed by atoms with Crippen LogP contribution in [0.4, 0.5) is 0 Å². The number of hydrogen-bond acceptors (Lipinski definition) is 3. The Morgan fingerprint density at radius 3 is 2.31 bits per heavy atom. The third-order valence-corrected chi connectivity index (χ3v) is 6.77. The van der Waals surface area contributed by atoms with E-state index >= 15 is 0 Å². The summed E-state index contributed by atoms with van der Waals surface area (Å²) in [5, 5.41) is 0.891. The average Bonchev–Trinajstić information content (AvgIpc) is 3.24. The van der Waals surface area contributed by atoms with Crippen molar-refractivity contribution in [2.45, 2.75) is 39.5 Å². The molecule has 4 nitrogen and oxygen atoms in total. The zero-order chi connectivity index (χ0) is 25.1. The third-order valence-electron chi connectivity index (χ3n) is 6.77. The maximum atomic E-state index is 13.5. The number of nitrogens with zero attached hydrogens (tertiary/aromatic N) is 1. The molecular formula is C32H29NO3. The molecule has 0 unspecified atom stereocenters. The first-order chi connectivity index (χ1) is 17.6. The maximum absolute atomic E-state index is 13.5. The molecule has 0 aliphatic heterocycles. The summed E-state index contributed by atoms with van der Waals surface area (Å²) in [7, 11) is 0. The molecule has 0 saturated heterocycles. The van der Waals surface area contributed by atoms with Crippen LogP contribution in [0.2, 0.25) is 0 Å². The topological polar surface area (TPSA) is 52.2 Å². The average molecular weight is 476 g/mol. The van der Waals surface area contributed by atoms with Gasteiger partial charge in [-0.3, -0.25) is 9.36 Å². The van der Waals surface area contributed by atoms with Crippen molar-refractivity contribution in [1.82, 2.24) is 4.57 Å². The van der Waals surface area contributed by atoms with Crippen LogP contribution in [0.3, 0.4) is 0 Å². The van der Waals surface area contributed by atoms with E-state index in [1.807, 2.05) is 79.0 Å². The lowest BCUT2D eigenvalue weighted by Crippen LogP contribution is -2.12. The molecule has 0 bridgehead atoms. The molecular weight excluding hydrogens is 446 g/mol. The predicted molar refractivity (Wildman–Crippen MR) is 145 cm³/mol. The van der Waals surface area contributed by atoms with Gasteiger partial charge in [-0.1, -0.05) is 80.4 Å². The fraction of sp³-hybridized carbons (Fsp3) is 0.188. The van der Waals surface area contributed by atoms with Gasteiger partial charge in [-0.2, -0.15) is 0 Å². The number of hydrogen-bond donors (Lipinski definition) is 0. The van der Waals surface area contributed by atoms with E-state index in [1.165, 1.54) is 18.1 Å². The molecule has 180 valence electrons. The van der Waals surface area contributed by atoms with Gasteiger partial charge in [0.2, 0.25) is 0 Å². The lowest BCUT2D eigenvalue weighted by Gasteiger charge is -2.11. The molecule has 5 aromatic rings. The molecule has 2 heterocycles. The van der Waals surface area contributed by atoms with Gasteiger partial charge in [-0.05, 0) is 65.8 Å². The van der Waals surface area contributed by atoms with Gasteiger partial charge in [-0.25, -0.2) is 4.79 Å². The molecule has 36 heavy (non-hydrogen) atoms. The second kappa shape index (κ2) is 10.2. The zero-order valence-corrected chi connectivity index (χ0v) is 20.7. The highest BCUT2D eigenvalue weighted by Crippen LogP contribution is 2.33. The van der Waals surface area contributed by atoms with Crippen molar-refractivity contribution in [2.75, 3.05) is 0 Å². The maximum Gasteiger partial charge on any atom is 0.336 e. The summed E-state index contributed by atoms with van der Waals surface area (Å²) in [6.45, 7) is 4.30. The Kier molecular flexibility index (Phi) is 6.68. The monoisotopic (exact) mass is 475 g/mol. The summed E-state index contributed by atoms with van der Waals surface area (Å²) in [5.74, 6) is -0.0359. The molecule has 0 aliphatic carbocycles. The molecule has 0 N–H and O–H groups in total. The predicted octanol–water partition coefficient (Wildman–Crippen LogP) is 7.66. The van der Waals surface area contributed by atoms with Gasteiger partial charge >= 0.3 is 5.63 Å². The van der Waals surface area contributed by atoms with Crippen molar-refractivity contribution in [2.24, 2.45) is 0 Å². The van der Waals surface area contributed by atoms with Gasteiger partial charge < -0.3 is 4.42 Å². The summed E-state index contributed by atoms with van der Waals surface area (Å²) < 4.78 is 7.16. The van der Waals surface area contributed by atoms with Crippen LogP contribution in [0.5, 0.6) is 0 Å². The molecule has 0 radical (unpaired) electrons. The van der Waals surface area contributed by atoms with E-state index in [4.69, 9.17) is 4.42 Å². The molecule has 5 rings (SSSR count). The lowest BCUT2D eigenvalue weighted by molar-refractivity contribution is 0.0962. The minimum absolute atomic E-state index is 0.0359. The Morgan fingerprint density at radius 1 is 0.861 bits per heavy atom. The fourth-order valence-corrected chi connectivity index (χ4v) is 4.86. The second-order valence-corrected chi connectivity index (χ2v) is 9.18. The summed E-state index contributed by atoms with van der Waals surface area (Å²) in [5.41, 5.74) is 6.84. The van der Waals surface area contributed by atoms with Crippen LogP contribution in [0.25, 0.3) is 33.4 Å². The second-order valence-electron chi connectivity index (χ2n) is 9.18. The van der Waals surface area contributed by atoms with E-state index < -0.39 is 0 Å². The van der Waals surface area contributed by atoms with E-state index in [1.54, 1.807) is 10.6 Å². The number of aromatic nitrogens is 1. The Bertz CT molecular complexity index is 1570. The molecule has 2 aromatic heterocycles. The first kappa shape index (κ1) is 23.6. The van der Waals surface area contributed by atoms with Crippen molar-refractivity contribution in [3.8, 4) is 22.4 Å². The molecule has 4 heteroatoms. The number of fused-ring (bicyclic) bond motifs is 1. The van der Waals surface area contributed by atoms with Gasteiger partial charge in [0.15, 0.2) is 0 Å². The first-order valence-corrected chi connectivity index (χ1v) is 12.5. The van der Waals surface area contributed by atoms with E-state index in [0.29, 0.717) is 11.1 Å². The van der Waals surface area contributed by atoms with E-state index in [-0.39, 0.29) is 11.5 Å². The number of aryl methyl sites for hydroxylation is 1. The number of carbonyl (C=O) groups is 1. The minimum Gasteiger partial charge on any atom is -0.423 e. The number of para-hydroxylation sites is 1. The smallest absolute Gasteiger partial charge is 0.336 e. The van der Waals surface area contributed by atoms with Crippen LogP contribution in [-0.2, 0) is 6.42 Å². The van der Waals surface area contributed by atoms with E-state index in [0.717, 1.165) is 52.6 Å². The number of carbonyl (C=O) groups excluding carboxylic acids is 1. The third kappa shape index (κ3) is 4.55. The SMILES string of the molecule is CCCCCc1cn(C(=O)c2ccccc2)c(-c2ccc(-c3cc(=O)oc4ccccc34)cc2)c1C. The van der Waals surface area contributed by atoms with Crippen LogP contribution in [0.15, 0.2) is 100 Å². The van der Waals surface area contributed by atoms with Crippen LogP contribution in [-0.4, -0.2) is 10.5 Å². The van der Waals surface area contributed by atoms with Crippen LogP contribution in [0.1, 0.15) is 47.7 Å². The number of unbranched alkanes of at least 4 members (excludes halogenated alkanes) is 2. The van der Waals surface area contributed by atoms with Crippen molar-refractivity contribution in [3.63, 3.8) is 0 Å². The van der Waals surface area contributed by atoms with Gasteiger partial charge in [0.25, 0.3) is 5.91 Å². The summed E-state index contributed by atoms with van der Waals surface area (Å²) in [6.07, 6.45) is 6.39. The zero-order valence-electron chi connectivity index (χ0n) is 20.7. The Balaban J connectivity index is 1.59. The van der Waals surface area contributed by atoms with Crippen molar-refractivity contribution in [1.29, 1.82) is 0 Å². The van der Waals surface area contributed by atoms with Gasteiger partial charge in [0.1, 0.15) is 5.58 Å². The molecule has 0 saturated carbocycles. The van der Waals surface area contributed by atoms with E-state index in [2.05, 4.69) is 13.8 Å². The van der Waals surface area contributed by atoms with Crippen molar-refractivity contribution < 1.29 is 9.21 Å². The summed E-state index contributed by atoms with van der Waals surface area (Å²) in [6, 6.07) is 26.6. The number of benzene rings is 3. The van der Waals surface area contributed by atoms with Crippen molar-refractivity contribution >= 4 is 16.9 Å². The Labute approximate surface area is 210 Å². The van der Waals surface area contributed by atoms with Gasteiger partial charge in [0, 0.05) is 23.2 Å². The molecule has 0 aliphatic rings. The summed E-state index contributed by atoms with van der Waals surface area (Å²) in [4.78, 5) is 25.7. The van der Waals surface area contributed by atoms with Crippen LogP contribution < -0.4 is 5.63 Å². The van der Waals surface area contributed by atoms with E-state index in [9.17, 15) is 9.59 Å². The molecule has 0 amide bonds. The molecule has 0 atom stereocenters. The lowest BCUT2D eigenvalue weighted by atomic mass is 9.98. The van der Waals surface area contributed by atoms with Gasteiger partial charge in [0.05, 0.1) is 5.69 Å². The Hall–Kier alpha value is -4.18. The Morgan fingerprint density at radius 2 is 1.56 bits per heavy atom. The quantitative estimate of drug-likeness (QED) is 0.179.